The van der Waals surface area contributed by atoms with Crippen LogP contribution in [-0.4, -0.2) is 7.05 Å². The molecule has 6 aromatic rings. The Morgan fingerprint density at radius 2 is 0.889 bits per heavy atom. The van der Waals surface area contributed by atoms with Gasteiger partial charge in [-0.3, -0.25) is 0 Å². The SMILES string of the molecule is CN1[CH-]N(c2[c-]c(N3[CH-]N(c4c(-c5ccccc5)cccc4-c4ccccc4)c4ccccc43)ccc2)c2ccccc21.[Br][Pt]. The number of rotatable bonds is 5. The summed E-state index contributed by atoms with van der Waals surface area (Å²) in [6.07, 6.45) is 0. The van der Waals surface area contributed by atoms with Gasteiger partial charge in [0.05, 0.1) is 0 Å². The fourth-order valence-corrected chi connectivity index (χ4v) is 6.17. The Balaban J connectivity index is 0.00000160. The Hall–Kier alpha value is -4.31. The summed E-state index contributed by atoms with van der Waals surface area (Å²) in [4.78, 5) is 8.95. The van der Waals surface area contributed by atoms with E-state index in [2.05, 4.69) is 205 Å². The first-order valence-electron chi connectivity index (χ1n) is 14.6. The summed E-state index contributed by atoms with van der Waals surface area (Å²) in [6.45, 7) is 4.33. The average Bonchev–Trinajstić information content (AvgIpc) is 3.68. The van der Waals surface area contributed by atoms with Crippen molar-refractivity contribution in [3.05, 3.63) is 165 Å². The number of hydrogen-bond donors (Lipinski definition) is 0. The number of benzene rings is 6. The van der Waals surface area contributed by atoms with Crippen LogP contribution < -0.4 is 19.6 Å². The second kappa shape index (κ2) is 13.0. The Morgan fingerprint density at radius 3 is 1.44 bits per heavy atom. The standard InChI is InChI=1S/C39H29N4.BrH.Pt/c1-40-27-41(36-23-9-8-22-35(36)40)31-18-12-19-32(26-31)42-28-43(38-25-11-10-24-37(38)42)39-33(29-14-4-2-5-15-29)20-13-21-34(39)30-16-6-3-7-17-30;;/h2-25,27-28H,1H3;1H;/q-3;;+1/p-1. The molecular formula is C39H29BrN4Pt-3. The quantitative estimate of drug-likeness (QED) is 0.161. The molecule has 2 aliphatic rings. The first kappa shape index (κ1) is 29.4. The van der Waals surface area contributed by atoms with Gasteiger partial charge in [0, 0.05) is 39.6 Å². The Morgan fingerprint density at radius 1 is 0.467 bits per heavy atom. The molecule has 45 heavy (non-hydrogen) atoms. The minimum absolute atomic E-state index is 0.978. The fraction of sp³-hybridized carbons (Fsp3) is 0.0256. The van der Waals surface area contributed by atoms with Gasteiger partial charge in [-0.05, 0) is 42.4 Å². The van der Waals surface area contributed by atoms with E-state index in [0.717, 1.165) is 34.1 Å². The summed E-state index contributed by atoms with van der Waals surface area (Å²) >= 11 is 4.86. The van der Waals surface area contributed by atoms with E-state index in [-0.39, 0.29) is 0 Å². The van der Waals surface area contributed by atoms with Crippen LogP contribution in [0.15, 0.2) is 146 Å². The molecule has 0 unspecified atom stereocenters. The zero-order valence-electron chi connectivity index (χ0n) is 24.5. The molecule has 0 spiro atoms. The molecule has 8 rings (SSSR count). The Bertz CT molecular complexity index is 1870. The van der Waals surface area contributed by atoms with Crippen molar-refractivity contribution >= 4 is 53.1 Å². The van der Waals surface area contributed by atoms with E-state index in [1.807, 2.05) is 17.8 Å². The van der Waals surface area contributed by atoms with Crippen molar-refractivity contribution in [3.8, 4) is 22.3 Å². The van der Waals surface area contributed by atoms with E-state index < -0.39 is 0 Å². The van der Waals surface area contributed by atoms with Gasteiger partial charge in [-0.15, -0.1) is 36.2 Å². The van der Waals surface area contributed by atoms with Crippen molar-refractivity contribution in [2.45, 2.75) is 0 Å². The second-order valence-electron chi connectivity index (χ2n) is 10.8. The van der Waals surface area contributed by atoms with Crippen molar-refractivity contribution in [2.75, 3.05) is 26.6 Å². The summed E-state index contributed by atoms with van der Waals surface area (Å²) in [5, 5.41) is 0. The van der Waals surface area contributed by atoms with Crippen LogP contribution in [0.4, 0.5) is 39.8 Å². The van der Waals surface area contributed by atoms with Gasteiger partial charge >= 0.3 is 31.1 Å². The molecule has 0 saturated heterocycles. The molecular weight excluding hydrogens is 799 g/mol. The molecule has 0 aromatic heterocycles. The summed E-state index contributed by atoms with van der Waals surface area (Å²) < 4.78 is 0. The van der Waals surface area contributed by atoms with Gasteiger partial charge in [-0.25, -0.2) is 0 Å². The molecule has 2 aliphatic heterocycles. The van der Waals surface area contributed by atoms with Crippen LogP contribution in [0, 0.1) is 19.4 Å². The maximum absolute atomic E-state index is 3.73. The molecule has 225 valence electrons. The van der Waals surface area contributed by atoms with Gasteiger partial charge in [0.15, 0.2) is 0 Å². The van der Waals surface area contributed by atoms with Gasteiger partial charge in [0.2, 0.25) is 0 Å². The van der Waals surface area contributed by atoms with Gasteiger partial charge in [-0.2, -0.15) is 12.7 Å². The first-order valence-corrected chi connectivity index (χ1v) is 19.6. The van der Waals surface area contributed by atoms with Crippen LogP contribution in [0.2, 0.25) is 0 Å². The molecule has 6 aromatic carbocycles. The van der Waals surface area contributed by atoms with Crippen LogP contribution in [-0.2, 0) is 17.8 Å². The van der Waals surface area contributed by atoms with Gasteiger partial charge in [0.1, 0.15) is 0 Å². The van der Waals surface area contributed by atoms with Gasteiger partial charge in [0.25, 0.3) is 0 Å². The van der Waals surface area contributed by atoms with Crippen LogP contribution in [0.1, 0.15) is 0 Å². The van der Waals surface area contributed by atoms with Crippen molar-refractivity contribution in [1.82, 2.24) is 0 Å². The Kier molecular flexibility index (Phi) is 8.47. The fourth-order valence-electron chi connectivity index (χ4n) is 6.17. The van der Waals surface area contributed by atoms with E-state index in [4.69, 9.17) is 0 Å². The number of para-hydroxylation sites is 5. The number of anilines is 7. The summed E-state index contributed by atoms with van der Waals surface area (Å²) in [5.74, 6) is 0. The molecule has 0 saturated carbocycles. The molecule has 0 bridgehead atoms. The number of nitrogens with zero attached hydrogens (tertiary/aromatic N) is 4. The zero-order chi connectivity index (χ0) is 30.8. The molecule has 0 fully saturated rings. The molecule has 2 heterocycles. The monoisotopic (exact) mass is 827 g/mol. The zero-order valence-corrected chi connectivity index (χ0v) is 28.4. The van der Waals surface area contributed by atoms with Gasteiger partial charge < -0.3 is 19.6 Å². The van der Waals surface area contributed by atoms with E-state index in [0.29, 0.717) is 0 Å². The first-order chi connectivity index (χ1) is 22.3. The molecule has 0 amide bonds. The van der Waals surface area contributed by atoms with Crippen molar-refractivity contribution in [3.63, 3.8) is 0 Å². The topological polar surface area (TPSA) is 13.0 Å². The number of halogens is 1. The number of hydrogen-bond acceptors (Lipinski definition) is 4. The summed E-state index contributed by atoms with van der Waals surface area (Å²) in [7, 11) is 2.08. The van der Waals surface area contributed by atoms with E-state index in [1.165, 1.54) is 27.9 Å². The van der Waals surface area contributed by atoms with E-state index in [1.54, 1.807) is 0 Å². The van der Waals surface area contributed by atoms with Crippen LogP contribution >= 0.6 is 13.3 Å². The predicted octanol–water partition coefficient (Wildman–Crippen LogP) is 10.8. The van der Waals surface area contributed by atoms with Crippen LogP contribution in [0.5, 0.6) is 0 Å². The molecule has 6 heteroatoms. The summed E-state index contributed by atoms with van der Waals surface area (Å²) in [5.41, 5.74) is 12.4. The second-order valence-corrected chi connectivity index (χ2v) is 10.8. The predicted molar refractivity (Wildman–Crippen MR) is 188 cm³/mol. The Labute approximate surface area is 283 Å². The summed E-state index contributed by atoms with van der Waals surface area (Å²) in [6, 6.07) is 55.1. The molecule has 4 nitrogen and oxygen atoms in total. The van der Waals surface area contributed by atoms with Crippen molar-refractivity contribution in [1.29, 1.82) is 0 Å². The maximum atomic E-state index is 3.73. The van der Waals surface area contributed by atoms with E-state index >= 15 is 0 Å². The third-order valence-corrected chi connectivity index (χ3v) is 8.17. The molecule has 0 aliphatic carbocycles. The molecule has 0 radical (unpaired) electrons. The molecule has 0 atom stereocenters. The van der Waals surface area contributed by atoms with Crippen LogP contribution in [0.3, 0.4) is 0 Å². The normalized spacial score (nSPS) is 13.3. The average molecular weight is 829 g/mol. The third-order valence-electron chi connectivity index (χ3n) is 8.17. The van der Waals surface area contributed by atoms with E-state index in [9.17, 15) is 0 Å². The van der Waals surface area contributed by atoms with Gasteiger partial charge in [-0.1, -0.05) is 103 Å². The van der Waals surface area contributed by atoms with Crippen LogP contribution in [0.25, 0.3) is 22.3 Å². The van der Waals surface area contributed by atoms with Crippen molar-refractivity contribution in [2.24, 2.45) is 0 Å². The number of fused-ring (bicyclic) bond motifs is 2. The van der Waals surface area contributed by atoms with Crippen molar-refractivity contribution < 1.29 is 17.8 Å². The minimum atomic E-state index is 0.978. The molecule has 0 N–H and O–H groups in total. The third kappa shape index (κ3) is 5.45.